The maximum atomic E-state index is 5.38. The van der Waals surface area contributed by atoms with E-state index in [1.807, 2.05) is 7.11 Å². The summed E-state index contributed by atoms with van der Waals surface area (Å²) in [4.78, 5) is 0. The van der Waals surface area contributed by atoms with Crippen LogP contribution in [0.4, 0.5) is 0 Å². The molecule has 0 bridgehead atoms. The number of rotatable bonds is 6. The van der Waals surface area contributed by atoms with Crippen LogP contribution >= 0.6 is 0 Å². The normalized spacial score (nSPS) is 23.4. The zero-order valence-electron chi connectivity index (χ0n) is 11.3. The molecule has 3 heteroatoms. The van der Waals surface area contributed by atoms with Gasteiger partial charge in [-0.1, -0.05) is 24.3 Å². The minimum atomic E-state index is 0.451. The summed E-state index contributed by atoms with van der Waals surface area (Å²) in [5.41, 5.74) is 2.55. The molecule has 2 rings (SSSR count). The van der Waals surface area contributed by atoms with Gasteiger partial charge in [-0.25, -0.2) is 0 Å². The number of nitrogens with one attached hydrogen (secondary N) is 1. The Morgan fingerprint density at radius 3 is 2.44 bits per heavy atom. The van der Waals surface area contributed by atoms with E-state index in [1.165, 1.54) is 24.0 Å². The Hall–Kier alpha value is -0.900. The molecule has 0 heterocycles. The maximum Gasteiger partial charge on any atom is 0.0713 e. The van der Waals surface area contributed by atoms with Crippen molar-refractivity contribution in [2.45, 2.75) is 44.6 Å². The molecule has 0 radical (unpaired) electrons. The Morgan fingerprint density at radius 1 is 1.11 bits per heavy atom. The molecule has 100 valence electrons. The topological polar surface area (TPSA) is 30.5 Å². The molecular weight excluding hydrogens is 226 g/mol. The van der Waals surface area contributed by atoms with Crippen LogP contribution in [0.2, 0.25) is 0 Å². The van der Waals surface area contributed by atoms with Gasteiger partial charge in [0.05, 0.1) is 12.7 Å². The molecule has 1 N–H and O–H groups in total. The van der Waals surface area contributed by atoms with E-state index < -0.39 is 0 Å². The van der Waals surface area contributed by atoms with Crippen molar-refractivity contribution in [3.63, 3.8) is 0 Å². The van der Waals surface area contributed by atoms with Crippen LogP contribution in [0.3, 0.4) is 0 Å². The standard InChI is InChI=1S/C15H23NO2/c1-17-11-13-5-3-12(4-6-13)10-16-14-7-8-15(9-14)18-2/h3-6,14-16H,7-11H2,1-2H3. The monoisotopic (exact) mass is 249 g/mol. The second-order valence-corrected chi connectivity index (χ2v) is 5.00. The van der Waals surface area contributed by atoms with Crippen LogP contribution in [0.1, 0.15) is 30.4 Å². The van der Waals surface area contributed by atoms with Crippen molar-refractivity contribution in [1.29, 1.82) is 0 Å². The Kier molecular flexibility index (Phi) is 5.17. The maximum absolute atomic E-state index is 5.38. The summed E-state index contributed by atoms with van der Waals surface area (Å²) in [6.07, 6.45) is 3.99. The average molecular weight is 249 g/mol. The van der Waals surface area contributed by atoms with Crippen LogP contribution < -0.4 is 5.32 Å². The third kappa shape index (κ3) is 3.80. The molecule has 1 fully saturated rings. The molecule has 3 nitrogen and oxygen atoms in total. The Balaban J connectivity index is 1.76. The largest absolute Gasteiger partial charge is 0.381 e. The van der Waals surface area contributed by atoms with Crippen molar-refractivity contribution < 1.29 is 9.47 Å². The molecule has 0 aliphatic heterocycles. The van der Waals surface area contributed by atoms with Crippen LogP contribution in [0, 0.1) is 0 Å². The first kappa shape index (κ1) is 13.5. The summed E-state index contributed by atoms with van der Waals surface area (Å²) in [6.45, 7) is 1.63. The zero-order valence-corrected chi connectivity index (χ0v) is 11.3. The number of methoxy groups -OCH3 is 2. The summed E-state index contributed by atoms with van der Waals surface area (Å²) >= 11 is 0. The molecule has 1 aromatic carbocycles. The van der Waals surface area contributed by atoms with Gasteiger partial charge >= 0.3 is 0 Å². The molecule has 0 aromatic heterocycles. The summed E-state index contributed by atoms with van der Waals surface area (Å²) < 4.78 is 10.5. The van der Waals surface area contributed by atoms with E-state index in [2.05, 4.69) is 29.6 Å². The van der Waals surface area contributed by atoms with Crippen molar-refractivity contribution >= 4 is 0 Å². The van der Waals surface area contributed by atoms with Gasteiger partial charge in [0.2, 0.25) is 0 Å². The quantitative estimate of drug-likeness (QED) is 0.840. The fourth-order valence-corrected chi connectivity index (χ4v) is 2.52. The van der Waals surface area contributed by atoms with Gasteiger partial charge in [-0.3, -0.25) is 0 Å². The highest BCUT2D eigenvalue weighted by Gasteiger charge is 2.23. The lowest BCUT2D eigenvalue weighted by Crippen LogP contribution is -2.26. The van der Waals surface area contributed by atoms with Gasteiger partial charge in [0, 0.05) is 26.8 Å². The fourth-order valence-electron chi connectivity index (χ4n) is 2.52. The van der Waals surface area contributed by atoms with E-state index in [1.54, 1.807) is 7.11 Å². The highest BCUT2D eigenvalue weighted by Crippen LogP contribution is 2.21. The molecule has 1 aliphatic carbocycles. The predicted molar refractivity (Wildman–Crippen MR) is 72.4 cm³/mol. The lowest BCUT2D eigenvalue weighted by molar-refractivity contribution is 0.107. The van der Waals surface area contributed by atoms with Crippen molar-refractivity contribution in [3.05, 3.63) is 35.4 Å². The lowest BCUT2D eigenvalue weighted by atomic mass is 10.1. The molecule has 1 aliphatic rings. The van der Waals surface area contributed by atoms with Gasteiger partial charge in [-0.2, -0.15) is 0 Å². The average Bonchev–Trinajstić information content (AvgIpc) is 2.86. The van der Waals surface area contributed by atoms with Gasteiger partial charge in [-0.15, -0.1) is 0 Å². The predicted octanol–water partition coefficient (Wildman–Crippen LogP) is 2.49. The molecule has 0 spiro atoms. The number of ether oxygens (including phenoxy) is 2. The van der Waals surface area contributed by atoms with Gasteiger partial charge in [-0.05, 0) is 30.4 Å². The van der Waals surface area contributed by atoms with Gasteiger partial charge in [0.25, 0.3) is 0 Å². The number of hydrogen-bond acceptors (Lipinski definition) is 3. The summed E-state index contributed by atoms with van der Waals surface area (Å²) in [7, 11) is 3.53. The van der Waals surface area contributed by atoms with E-state index in [0.29, 0.717) is 18.8 Å². The molecular formula is C15H23NO2. The molecule has 1 saturated carbocycles. The zero-order chi connectivity index (χ0) is 12.8. The molecule has 0 saturated heterocycles. The Morgan fingerprint density at radius 2 is 1.83 bits per heavy atom. The lowest BCUT2D eigenvalue weighted by Gasteiger charge is -2.13. The molecule has 1 aromatic rings. The molecule has 18 heavy (non-hydrogen) atoms. The third-order valence-electron chi connectivity index (χ3n) is 3.65. The van der Waals surface area contributed by atoms with Crippen LogP contribution in [0.25, 0.3) is 0 Å². The number of benzene rings is 1. The Labute approximate surface area is 109 Å². The van der Waals surface area contributed by atoms with Crippen molar-refractivity contribution in [2.24, 2.45) is 0 Å². The smallest absolute Gasteiger partial charge is 0.0713 e. The summed E-state index contributed by atoms with van der Waals surface area (Å²) in [6, 6.07) is 9.21. The SMILES string of the molecule is COCc1ccc(CNC2CCC(OC)C2)cc1. The van der Waals surface area contributed by atoms with E-state index in [0.717, 1.165) is 13.0 Å². The first-order valence-electron chi connectivity index (χ1n) is 6.64. The highest BCUT2D eigenvalue weighted by molar-refractivity contribution is 5.22. The Bertz CT molecular complexity index is 350. The highest BCUT2D eigenvalue weighted by atomic mass is 16.5. The first-order valence-corrected chi connectivity index (χ1v) is 6.64. The van der Waals surface area contributed by atoms with Crippen LogP contribution in [-0.4, -0.2) is 26.4 Å². The van der Waals surface area contributed by atoms with Crippen LogP contribution in [0.5, 0.6) is 0 Å². The van der Waals surface area contributed by atoms with Gasteiger partial charge in [0.15, 0.2) is 0 Å². The van der Waals surface area contributed by atoms with Crippen molar-refractivity contribution in [2.75, 3.05) is 14.2 Å². The van der Waals surface area contributed by atoms with Crippen LogP contribution in [-0.2, 0) is 22.6 Å². The van der Waals surface area contributed by atoms with E-state index in [9.17, 15) is 0 Å². The van der Waals surface area contributed by atoms with Crippen molar-refractivity contribution in [3.8, 4) is 0 Å². The fraction of sp³-hybridized carbons (Fsp3) is 0.600. The second kappa shape index (κ2) is 6.88. The van der Waals surface area contributed by atoms with Gasteiger partial charge < -0.3 is 14.8 Å². The third-order valence-corrected chi connectivity index (χ3v) is 3.65. The summed E-state index contributed by atoms with van der Waals surface area (Å²) in [5, 5.41) is 3.60. The van der Waals surface area contributed by atoms with E-state index in [4.69, 9.17) is 9.47 Å². The second-order valence-electron chi connectivity index (χ2n) is 5.00. The first-order chi connectivity index (χ1) is 8.81. The molecule has 0 amide bonds. The van der Waals surface area contributed by atoms with Crippen molar-refractivity contribution in [1.82, 2.24) is 5.32 Å². The van der Waals surface area contributed by atoms with E-state index >= 15 is 0 Å². The van der Waals surface area contributed by atoms with Gasteiger partial charge in [0.1, 0.15) is 0 Å². The van der Waals surface area contributed by atoms with Crippen LogP contribution in [0.15, 0.2) is 24.3 Å². The number of hydrogen-bond donors (Lipinski definition) is 1. The molecule has 2 atom stereocenters. The summed E-state index contributed by atoms with van der Waals surface area (Å²) in [5.74, 6) is 0. The minimum Gasteiger partial charge on any atom is -0.381 e. The molecule has 2 unspecified atom stereocenters. The van der Waals surface area contributed by atoms with E-state index in [-0.39, 0.29) is 0 Å². The minimum absolute atomic E-state index is 0.451.